The lowest BCUT2D eigenvalue weighted by Gasteiger charge is -2.20. The van der Waals surface area contributed by atoms with Crippen molar-refractivity contribution in [2.75, 3.05) is 25.1 Å². The lowest BCUT2D eigenvalue weighted by molar-refractivity contribution is -0.142. The lowest BCUT2D eigenvalue weighted by Crippen LogP contribution is -2.22. The Kier molecular flexibility index (Phi) is 5.59. The maximum Gasteiger partial charge on any atom is 0.417 e. The van der Waals surface area contributed by atoms with Crippen molar-refractivity contribution < 1.29 is 22.7 Å². The number of carbonyl (C=O) groups excluding carboxylic acids is 1. The van der Waals surface area contributed by atoms with E-state index in [-0.39, 0.29) is 25.5 Å². The Morgan fingerprint density at radius 3 is 2.62 bits per heavy atom. The number of hydrogen-bond acceptors (Lipinski definition) is 4. The molecule has 7 heteroatoms. The molecular weight excluding hydrogens is 285 g/mol. The van der Waals surface area contributed by atoms with Crippen LogP contribution >= 0.6 is 0 Å². The molecule has 4 nitrogen and oxygen atoms in total. The molecule has 0 unspecified atom stereocenters. The van der Waals surface area contributed by atoms with Gasteiger partial charge in [-0.15, -0.1) is 0 Å². The highest BCUT2D eigenvalue weighted by molar-refractivity contribution is 5.70. The fraction of sp³-hybridized carbons (Fsp3) is 0.429. The van der Waals surface area contributed by atoms with Gasteiger partial charge < -0.3 is 9.64 Å². The summed E-state index contributed by atoms with van der Waals surface area (Å²) in [5.41, 5.74) is -0.973. The molecule has 0 heterocycles. The molecule has 0 aliphatic carbocycles. The largest absolute Gasteiger partial charge is 0.466 e. The topological polar surface area (TPSA) is 53.3 Å². The quantitative estimate of drug-likeness (QED) is 0.785. The highest BCUT2D eigenvalue weighted by Crippen LogP contribution is 2.33. The summed E-state index contributed by atoms with van der Waals surface area (Å²) in [6.07, 6.45) is -4.44. The van der Waals surface area contributed by atoms with E-state index in [0.29, 0.717) is 5.69 Å². The Labute approximate surface area is 120 Å². The van der Waals surface area contributed by atoms with E-state index in [1.165, 1.54) is 6.07 Å². The predicted molar refractivity (Wildman–Crippen MR) is 70.7 cm³/mol. The van der Waals surface area contributed by atoms with Crippen molar-refractivity contribution in [3.05, 3.63) is 29.3 Å². The number of halogens is 3. The number of esters is 1. The van der Waals surface area contributed by atoms with Crippen LogP contribution in [0.2, 0.25) is 0 Å². The van der Waals surface area contributed by atoms with E-state index in [2.05, 4.69) is 0 Å². The molecule has 0 aromatic heterocycles. The van der Waals surface area contributed by atoms with E-state index in [0.717, 1.165) is 12.1 Å². The molecule has 0 bridgehead atoms. The van der Waals surface area contributed by atoms with Crippen molar-refractivity contribution in [2.24, 2.45) is 0 Å². The first-order valence-corrected chi connectivity index (χ1v) is 6.27. The van der Waals surface area contributed by atoms with Crippen LogP contribution in [0.4, 0.5) is 18.9 Å². The second-order valence-corrected chi connectivity index (χ2v) is 4.32. The lowest BCUT2D eigenvalue weighted by atomic mass is 10.1. The van der Waals surface area contributed by atoms with Gasteiger partial charge in [0.1, 0.15) is 0 Å². The molecule has 1 aromatic rings. The maximum absolute atomic E-state index is 12.7. The zero-order valence-electron chi connectivity index (χ0n) is 11.7. The molecule has 21 heavy (non-hydrogen) atoms. The van der Waals surface area contributed by atoms with E-state index in [1.807, 2.05) is 0 Å². The molecule has 1 rings (SSSR count). The standard InChI is InChI=1S/C14H15F3N2O2/c1-3-21-13(20)6-7-19(2)11-4-5-12(14(15,16)17)10(8-11)9-18/h4-5,8H,3,6-7H2,1-2H3. The zero-order chi connectivity index (χ0) is 16.0. The van der Waals surface area contributed by atoms with Crippen LogP contribution in [0.1, 0.15) is 24.5 Å². The third-order valence-electron chi connectivity index (χ3n) is 2.83. The normalized spacial score (nSPS) is 10.9. The molecule has 0 saturated carbocycles. The third-order valence-corrected chi connectivity index (χ3v) is 2.83. The number of alkyl halides is 3. The number of benzene rings is 1. The van der Waals surface area contributed by atoms with Crippen molar-refractivity contribution >= 4 is 11.7 Å². The van der Waals surface area contributed by atoms with Crippen molar-refractivity contribution in [1.29, 1.82) is 5.26 Å². The molecule has 0 fully saturated rings. The molecule has 1 aromatic carbocycles. The van der Waals surface area contributed by atoms with Gasteiger partial charge in [-0.25, -0.2) is 0 Å². The second-order valence-electron chi connectivity index (χ2n) is 4.32. The van der Waals surface area contributed by atoms with Gasteiger partial charge in [-0.2, -0.15) is 18.4 Å². The number of anilines is 1. The highest BCUT2D eigenvalue weighted by atomic mass is 19.4. The van der Waals surface area contributed by atoms with Gasteiger partial charge in [0.25, 0.3) is 0 Å². The SMILES string of the molecule is CCOC(=O)CCN(C)c1ccc(C(F)(F)F)c(C#N)c1. The van der Waals surface area contributed by atoms with Gasteiger partial charge in [0, 0.05) is 19.3 Å². The van der Waals surface area contributed by atoms with Gasteiger partial charge in [-0.3, -0.25) is 4.79 Å². The second kappa shape index (κ2) is 6.97. The van der Waals surface area contributed by atoms with Gasteiger partial charge in [0.2, 0.25) is 0 Å². The van der Waals surface area contributed by atoms with Crippen molar-refractivity contribution in [1.82, 2.24) is 0 Å². The van der Waals surface area contributed by atoms with E-state index >= 15 is 0 Å². The third kappa shape index (κ3) is 4.67. The summed E-state index contributed by atoms with van der Waals surface area (Å²) < 4.78 is 42.8. The average molecular weight is 300 g/mol. The van der Waals surface area contributed by atoms with E-state index in [4.69, 9.17) is 10.00 Å². The summed E-state index contributed by atoms with van der Waals surface area (Å²) in [6.45, 7) is 2.26. The minimum atomic E-state index is -4.56. The fourth-order valence-electron chi connectivity index (χ4n) is 1.73. The van der Waals surface area contributed by atoms with E-state index in [9.17, 15) is 18.0 Å². The van der Waals surface area contributed by atoms with Crippen LogP contribution in [0, 0.1) is 11.3 Å². The van der Waals surface area contributed by atoms with Gasteiger partial charge in [-0.05, 0) is 25.1 Å². The monoisotopic (exact) mass is 300 g/mol. The average Bonchev–Trinajstić information content (AvgIpc) is 2.43. The first kappa shape index (κ1) is 16.8. The molecule has 0 saturated heterocycles. The summed E-state index contributed by atoms with van der Waals surface area (Å²) in [4.78, 5) is 12.8. The molecule has 0 amide bonds. The van der Waals surface area contributed by atoms with E-state index in [1.54, 1.807) is 24.9 Å². The van der Waals surface area contributed by atoms with Gasteiger partial charge in [0.15, 0.2) is 0 Å². The predicted octanol–water partition coefficient (Wildman–Crippen LogP) is 2.97. The van der Waals surface area contributed by atoms with Crippen LogP contribution in [0.15, 0.2) is 18.2 Å². The Morgan fingerprint density at radius 1 is 1.43 bits per heavy atom. The van der Waals surface area contributed by atoms with Crippen LogP contribution in [-0.4, -0.2) is 26.2 Å². The first-order valence-electron chi connectivity index (χ1n) is 6.27. The van der Waals surface area contributed by atoms with Gasteiger partial charge in [0.05, 0.1) is 30.2 Å². The number of nitriles is 1. The number of carbonyl (C=O) groups is 1. The Morgan fingerprint density at radius 2 is 2.10 bits per heavy atom. The summed E-state index contributed by atoms with van der Waals surface area (Å²) >= 11 is 0. The Balaban J connectivity index is 2.85. The molecule has 0 radical (unpaired) electrons. The van der Waals surface area contributed by atoms with Crippen LogP contribution in [0.25, 0.3) is 0 Å². The number of ether oxygens (including phenoxy) is 1. The smallest absolute Gasteiger partial charge is 0.417 e. The van der Waals surface area contributed by atoms with Crippen LogP contribution in [-0.2, 0) is 15.7 Å². The Bertz CT molecular complexity index is 550. The van der Waals surface area contributed by atoms with Gasteiger partial charge in [-0.1, -0.05) is 0 Å². The van der Waals surface area contributed by atoms with Crippen LogP contribution < -0.4 is 4.90 Å². The van der Waals surface area contributed by atoms with Crippen LogP contribution in [0.5, 0.6) is 0 Å². The van der Waals surface area contributed by atoms with E-state index < -0.39 is 17.3 Å². The molecule has 0 atom stereocenters. The first-order chi connectivity index (χ1) is 9.79. The van der Waals surface area contributed by atoms with Gasteiger partial charge >= 0.3 is 12.1 Å². The minimum absolute atomic E-state index is 0.118. The molecule has 114 valence electrons. The maximum atomic E-state index is 12.7. The zero-order valence-corrected chi connectivity index (χ0v) is 11.7. The van der Waals surface area contributed by atoms with Crippen LogP contribution in [0.3, 0.4) is 0 Å². The number of rotatable bonds is 5. The minimum Gasteiger partial charge on any atom is -0.466 e. The summed E-state index contributed by atoms with van der Waals surface area (Å²) in [6, 6.07) is 4.85. The number of hydrogen-bond donors (Lipinski definition) is 0. The Hall–Kier alpha value is -2.23. The highest BCUT2D eigenvalue weighted by Gasteiger charge is 2.33. The number of nitrogens with zero attached hydrogens (tertiary/aromatic N) is 2. The molecule has 0 N–H and O–H groups in total. The summed E-state index contributed by atoms with van der Waals surface area (Å²) in [7, 11) is 1.63. The summed E-state index contributed by atoms with van der Waals surface area (Å²) in [5.74, 6) is -0.378. The fourth-order valence-corrected chi connectivity index (χ4v) is 1.73. The van der Waals surface area contributed by atoms with Crippen molar-refractivity contribution in [2.45, 2.75) is 19.5 Å². The molecular formula is C14H15F3N2O2. The summed E-state index contributed by atoms with van der Waals surface area (Å²) in [5, 5.41) is 8.83. The van der Waals surface area contributed by atoms with Crippen molar-refractivity contribution in [3.63, 3.8) is 0 Å². The van der Waals surface area contributed by atoms with Crippen molar-refractivity contribution in [3.8, 4) is 6.07 Å². The molecule has 0 aliphatic rings. The molecule has 0 spiro atoms. The molecule has 0 aliphatic heterocycles.